The monoisotopic (exact) mass is 337 g/mol. The zero-order valence-electron chi connectivity index (χ0n) is 10.8. The highest BCUT2D eigenvalue weighted by Crippen LogP contribution is 2.32. The molecule has 3 rings (SSSR count). The Balaban J connectivity index is 1.81. The number of para-hydroxylation sites is 2. The molecule has 0 bridgehead atoms. The fourth-order valence-corrected chi connectivity index (χ4v) is 2.54. The normalized spacial score (nSPS) is 10.8. The number of nitrogens with one attached hydrogen (secondary N) is 1. The summed E-state index contributed by atoms with van der Waals surface area (Å²) in [4.78, 5) is 8.90. The molecule has 0 aliphatic carbocycles. The summed E-state index contributed by atoms with van der Waals surface area (Å²) in [5, 5.41) is 4.58. The highest BCUT2D eigenvalue weighted by Gasteiger charge is 2.06. The molecule has 0 aliphatic rings. The van der Waals surface area contributed by atoms with Gasteiger partial charge in [-0.15, -0.1) is 0 Å². The SMILES string of the molecule is Clc1cc(Cl)c(NCc2cnc3ccccc3n2)cc1Cl. The van der Waals surface area contributed by atoms with Crippen LogP contribution in [0.15, 0.2) is 42.6 Å². The summed E-state index contributed by atoms with van der Waals surface area (Å²) >= 11 is 18.0. The molecule has 0 saturated carbocycles. The lowest BCUT2D eigenvalue weighted by atomic mass is 10.3. The zero-order chi connectivity index (χ0) is 14.8. The van der Waals surface area contributed by atoms with Gasteiger partial charge < -0.3 is 5.32 Å². The number of rotatable bonds is 3. The van der Waals surface area contributed by atoms with Crippen molar-refractivity contribution in [1.29, 1.82) is 0 Å². The van der Waals surface area contributed by atoms with E-state index in [1.54, 1.807) is 18.3 Å². The first kappa shape index (κ1) is 14.4. The summed E-state index contributed by atoms with van der Waals surface area (Å²) in [5.41, 5.74) is 3.25. The van der Waals surface area contributed by atoms with Crippen molar-refractivity contribution in [1.82, 2.24) is 9.97 Å². The third kappa shape index (κ3) is 3.21. The molecule has 21 heavy (non-hydrogen) atoms. The lowest BCUT2D eigenvalue weighted by Crippen LogP contribution is -2.03. The number of halogens is 3. The van der Waals surface area contributed by atoms with Crippen LogP contribution in [-0.2, 0) is 6.54 Å². The van der Waals surface area contributed by atoms with Crippen molar-refractivity contribution in [2.24, 2.45) is 0 Å². The number of fused-ring (bicyclic) bond motifs is 1. The van der Waals surface area contributed by atoms with E-state index >= 15 is 0 Å². The quantitative estimate of drug-likeness (QED) is 0.667. The molecule has 2 aromatic carbocycles. The van der Waals surface area contributed by atoms with Crippen molar-refractivity contribution in [3.63, 3.8) is 0 Å². The van der Waals surface area contributed by atoms with Gasteiger partial charge in [0.15, 0.2) is 0 Å². The molecule has 3 aromatic rings. The van der Waals surface area contributed by atoms with Gasteiger partial charge in [0.25, 0.3) is 0 Å². The van der Waals surface area contributed by atoms with Crippen molar-refractivity contribution in [3.8, 4) is 0 Å². The van der Waals surface area contributed by atoms with Crippen LogP contribution in [-0.4, -0.2) is 9.97 Å². The third-order valence-corrected chi connectivity index (χ3v) is 4.00. The van der Waals surface area contributed by atoms with E-state index in [0.29, 0.717) is 27.3 Å². The Labute approximate surface area is 136 Å². The molecule has 0 atom stereocenters. The number of hydrogen-bond acceptors (Lipinski definition) is 3. The van der Waals surface area contributed by atoms with Gasteiger partial charge in [-0.25, -0.2) is 4.98 Å². The van der Waals surface area contributed by atoms with Gasteiger partial charge in [0.1, 0.15) is 0 Å². The Bertz CT molecular complexity index is 805. The van der Waals surface area contributed by atoms with E-state index in [2.05, 4.69) is 15.3 Å². The average molecular weight is 339 g/mol. The minimum absolute atomic E-state index is 0.428. The molecular formula is C15H10Cl3N3. The van der Waals surface area contributed by atoms with Crippen LogP contribution in [0.1, 0.15) is 5.69 Å². The molecule has 6 heteroatoms. The summed E-state index contributed by atoms with van der Waals surface area (Å²) in [7, 11) is 0. The van der Waals surface area contributed by atoms with E-state index in [0.717, 1.165) is 16.7 Å². The predicted octanol–water partition coefficient (Wildman–Crippen LogP) is 5.20. The molecule has 0 spiro atoms. The van der Waals surface area contributed by atoms with E-state index < -0.39 is 0 Å². The Morgan fingerprint density at radius 1 is 0.905 bits per heavy atom. The lowest BCUT2D eigenvalue weighted by Gasteiger charge is -2.09. The number of anilines is 1. The smallest absolute Gasteiger partial charge is 0.0890 e. The summed E-state index contributed by atoms with van der Waals surface area (Å²) in [6, 6.07) is 11.0. The molecule has 0 saturated heterocycles. The fraction of sp³-hybridized carbons (Fsp3) is 0.0667. The summed E-state index contributed by atoms with van der Waals surface area (Å²) in [6.07, 6.45) is 1.74. The highest BCUT2D eigenvalue weighted by atomic mass is 35.5. The number of aromatic nitrogens is 2. The molecule has 106 valence electrons. The Hall–Kier alpha value is -1.55. The van der Waals surface area contributed by atoms with E-state index in [-0.39, 0.29) is 0 Å². The maximum absolute atomic E-state index is 6.12. The Kier molecular flexibility index (Phi) is 4.15. The van der Waals surface area contributed by atoms with Gasteiger partial charge in [-0.1, -0.05) is 46.9 Å². The van der Waals surface area contributed by atoms with E-state index in [9.17, 15) is 0 Å². The molecule has 1 N–H and O–H groups in total. The Morgan fingerprint density at radius 3 is 2.43 bits per heavy atom. The summed E-state index contributed by atoms with van der Waals surface area (Å²) < 4.78 is 0. The lowest BCUT2D eigenvalue weighted by molar-refractivity contribution is 1.04. The van der Waals surface area contributed by atoms with Crippen molar-refractivity contribution in [2.75, 3.05) is 5.32 Å². The second-order valence-corrected chi connectivity index (χ2v) is 5.67. The van der Waals surface area contributed by atoms with Crippen molar-refractivity contribution < 1.29 is 0 Å². The van der Waals surface area contributed by atoms with Crippen LogP contribution < -0.4 is 5.32 Å². The van der Waals surface area contributed by atoms with Gasteiger partial charge in [0, 0.05) is 0 Å². The highest BCUT2D eigenvalue weighted by molar-refractivity contribution is 6.44. The van der Waals surface area contributed by atoms with Crippen molar-refractivity contribution in [3.05, 3.63) is 63.4 Å². The van der Waals surface area contributed by atoms with Crippen LogP contribution >= 0.6 is 34.8 Å². The van der Waals surface area contributed by atoms with Crippen LogP contribution in [0.4, 0.5) is 5.69 Å². The van der Waals surface area contributed by atoms with Gasteiger partial charge >= 0.3 is 0 Å². The van der Waals surface area contributed by atoms with Crippen LogP contribution in [0.3, 0.4) is 0 Å². The van der Waals surface area contributed by atoms with Gasteiger partial charge in [-0.05, 0) is 24.3 Å². The number of hydrogen-bond donors (Lipinski definition) is 1. The number of benzene rings is 2. The molecule has 0 amide bonds. The molecule has 3 nitrogen and oxygen atoms in total. The maximum Gasteiger partial charge on any atom is 0.0890 e. The third-order valence-electron chi connectivity index (χ3n) is 2.97. The molecular weight excluding hydrogens is 329 g/mol. The predicted molar refractivity (Wildman–Crippen MR) is 88.3 cm³/mol. The van der Waals surface area contributed by atoms with E-state index in [1.165, 1.54) is 0 Å². The minimum atomic E-state index is 0.428. The van der Waals surface area contributed by atoms with E-state index in [1.807, 2.05) is 24.3 Å². The average Bonchev–Trinajstić information content (AvgIpc) is 2.49. The maximum atomic E-state index is 6.12. The summed E-state index contributed by atoms with van der Waals surface area (Å²) in [6.45, 7) is 0.496. The van der Waals surface area contributed by atoms with Crippen LogP contribution in [0.2, 0.25) is 15.1 Å². The van der Waals surface area contributed by atoms with Crippen LogP contribution in [0.5, 0.6) is 0 Å². The summed E-state index contributed by atoms with van der Waals surface area (Å²) in [5.74, 6) is 0. The molecule has 0 aliphatic heterocycles. The zero-order valence-corrected chi connectivity index (χ0v) is 13.0. The van der Waals surface area contributed by atoms with Gasteiger partial charge in [0.2, 0.25) is 0 Å². The van der Waals surface area contributed by atoms with Crippen molar-refractivity contribution in [2.45, 2.75) is 6.54 Å². The molecule has 0 fully saturated rings. The second-order valence-electron chi connectivity index (χ2n) is 4.45. The fourth-order valence-electron chi connectivity index (χ4n) is 1.92. The first-order chi connectivity index (χ1) is 10.1. The van der Waals surface area contributed by atoms with Crippen molar-refractivity contribution >= 4 is 51.5 Å². The minimum Gasteiger partial charge on any atom is -0.378 e. The second kappa shape index (κ2) is 6.06. The topological polar surface area (TPSA) is 37.8 Å². The van der Waals surface area contributed by atoms with Crippen LogP contribution in [0.25, 0.3) is 11.0 Å². The molecule has 0 radical (unpaired) electrons. The van der Waals surface area contributed by atoms with Gasteiger partial charge in [-0.3, -0.25) is 4.98 Å². The van der Waals surface area contributed by atoms with E-state index in [4.69, 9.17) is 34.8 Å². The van der Waals surface area contributed by atoms with Crippen LogP contribution in [0, 0.1) is 0 Å². The molecule has 1 aromatic heterocycles. The van der Waals surface area contributed by atoms with Gasteiger partial charge in [-0.2, -0.15) is 0 Å². The largest absolute Gasteiger partial charge is 0.378 e. The first-order valence-electron chi connectivity index (χ1n) is 6.22. The molecule has 0 unspecified atom stereocenters. The number of nitrogens with zero attached hydrogens (tertiary/aromatic N) is 2. The first-order valence-corrected chi connectivity index (χ1v) is 7.36. The standard InChI is InChI=1S/C15H10Cl3N3/c16-10-5-12(18)15(6-11(10)17)20-8-9-7-19-13-3-1-2-4-14(13)21-9/h1-7,20H,8H2. The van der Waals surface area contributed by atoms with Gasteiger partial charge in [0.05, 0.1) is 50.2 Å². The molecule has 1 heterocycles. The Morgan fingerprint density at radius 2 is 1.62 bits per heavy atom.